The Morgan fingerprint density at radius 2 is 1.65 bits per heavy atom. The predicted octanol–water partition coefficient (Wildman–Crippen LogP) is 4.41. The number of carbonyl (C=O) groups is 1. The minimum atomic E-state index is -0.0772. The van der Waals surface area contributed by atoms with Crippen LogP contribution in [-0.4, -0.2) is 21.9 Å². The summed E-state index contributed by atoms with van der Waals surface area (Å²) in [5.74, 6) is 0.446. The molecule has 0 bridgehead atoms. The van der Waals surface area contributed by atoms with Crippen LogP contribution in [0.15, 0.2) is 30.6 Å². The molecule has 1 aromatic heterocycles. The third kappa shape index (κ3) is 4.40. The van der Waals surface area contributed by atoms with Gasteiger partial charge in [0.1, 0.15) is 0 Å². The van der Waals surface area contributed by atoms with E-state index in [4.69, 9.17) is 0 Å². The summed E-state index contributed by atoms with van der Waals surface area (Å²) >= 11 is 0. The standard InChI is InChI=1S/C21H28N4O/c1-3-15-9-8-10-16(4-2)19(15)25-21-22-13-17(14-23-21)20(26)24-18-11-6-5-7-12-18/h8-10,13-14,18H,3-7,11-12H2,1-2H3,(H,24,26)(H,22,23,25). The van der Waals surface area contributed by atoms with Gasteiger partial charge in [-0.15, -0.1) is 0 Å². The second-order valence-corrected chi connectivity index (χ2v) is 6.89. The third-order valence-electron chi connectivity index (χ3n) is 5.09. The topological polar surface area (TPSA) is 66.9 Å². The zero-order valence-electron chi connectivity index (χ0n) is 15.7. The molecule has 0 unspecified atom stereocenters. The van der Waals surface area contributed by atoms with Crippen LogP contribution in [0.2, 0.25) is 0 Å². The van der Waals surface area contributed by atoms with Crippen molar-refractivity contribution in [3.8, 4) is 0 Å². The van der Waals surface area contributed by atoms with Crippen LogP contribution in [0.4, 0.5) is 11.6 Å². The zero-order chi connectivity index (χ0) is 18.4. The Morgan fingerprint density at radius 3 is 2.23 bits per heavy atom. The van der Waals surface area contributed by atoms with Gasteiger partial charge in [0, 0.05) is 24.1 Å². The van der Waals surface area contributed by atoms with E-state index in [1.165, 1.54) is 30.4 Å². The molecular formula is C21H28N4O. The fourth-order valence-corrected chi connectivity index (χ4v) is 3.54. The Balaban J connectivity index is 1.69. The van der Waals surface area contributed by atoms with Crippen molar-refractivity contribution < 1.29 is 4.79 Å². The van der Waals surface area contributed by atoms with Gasteiger partial charge in [0.05, 0.1) is 5.56 Å². The van der Waals surface area contributed by atoms with Gasteiger partial charge in [0.15, 0.2) is 0 Å². The number of hydrogen-bond acceptors (Lipinski definition) is 4. The van der Waals surface area contributed by atoms with E-state index in [0.29, 0.717) is 11.5 Å². The van der Waals surface area contributed by atoms with Crippen LogP contribution in [-0.2, 0) is 12.8 Å². The molecule has 3 rings (SSSR count). The molecule has 1 fully saturated rings. The van der Waals surface area contributed by atoms with Crippen molar-refractivity contribution in [2.24, 2.45) is 0 Å². The highest BCUT2D eigenvalue weighted by Gasteiger charge is 2.17. The Kier molecular flexibility index (Phi) is 6.21. The van der Waals surface area contributed by atoms with Crippen molar-refractivity contribution >= 4 is 17.5 Å². The van der Waals surface area contributed by atoms with E-state index in [1.54, 1.807) is 12.4 Å². The lowest BCUT2D eigenvalue weighted by Crippen LogP contribution is -2.36. The SMILES string of the molecule is CCc1cccc(CC)c1Nc1ncc(C(=O)NC2CCCCC2)cn1. The van der Waals surface area contributed by atoms with E-state index in [9.17, 15) is 4.79 Å². The highest BCUT2D eigenvalue weighted by Crippen LogP contribution is 2.25. The van der Waals surface area contributed by atoms with E-state index in [2.05, 4.69) is 52.6 Å². The van der Waals surface area contributed by atoms with Gasteiger partial charge in [-0.25, -0.2) is 9.97 Å². The molecule has 5 heteroatoms. The number of amides is 1. The Labute approximate surface area is 155 Å². The molecule has 2 aromatic rings. The quantitative estimate of drug-likeness (QED) is 0.808. The van der Waals surface area contributed by atoms with Crippen LogP contribution in [0.1, 0.15) is 67.4 Å². The highest BCUT2D eigenvalue weighted by molar-refractivity contribution is 5.93. The average Bonchev–Trinajstić information content (AvgIpc) is 2.69. The molecule has 0 spiro atoms. The number of benzene rings is 1. The monoisotopic (exact) mass is 352 g/mol. The number of rotatable bonds is 6. The molecule has 0 saturated heterocycles. The summed E-state index contributed by atoms with van der Waals surface area (Å²) in [6, 6.07) is 6.61. The van der Waals surface area contributed by atoms with Gasteiger partial charge in [-0.05, 0) is 36.8 Å². The smallest absolute Gasteiger partial charge is 0.254 e. The third-order valence-corrected chi connectivity index (χ3v) is 5.09. The second-order valence-electron chi connectivity index (χ2n) is 6.89. The molecular weight excluding hydrogens is 324 g/mol. The molecule has 1 aliphatic carbocycles. The molecule has 138 valence electrons. The minimum Gasteiger partial charge on any atom is -0.349 e. The van der Waals surface area contributed by atoms with E-state index < -0.39 is 0 Å². The van der Waals surface area contributed by atoms with Gasteiger partial charge in [0.25, 0.3) is 5.91 Å². The molecule has 5 nitrogen and oxygen atoms in total. The van der Waals surface area contributed by atoms with Crippen LogP contribution >= 0.6 is 0 Å². The van der Waals surface area contributed by atoms with Gasteiger partial charge in [-0.2, -0.15) is 0 Å². The first kappa shape index (κ1) is 18.4. The van der Waals surface area contributed by atoms with Crippen molar-refractivity contribution in [1.29, 1.82) is 0 Å². The van der Waals surface area contributed by atoms with Crippen LogP contribution in [0.5, 0.6) is 0 Å². The number of aromatic nitrogens is 2. The first-order valence-corrected chi connectivity index (χ1v) is 9.72. The summed E-state index contributed by atoms with van der Waals surface area (Å²) in [6.07, 6.45) is 10.9. The fraction of sp³-hybridized carbons (Fsp3) is 0.476. The zero-order valence-corrected chi connectivity index (χ0v) is 15.7. The number of para-hydroxylation sites is 1. The molecule has 0 radical (unpaired) electrons. The molecule has 1 heterocycles. The lowest BCUT2D eigenvalue weighted by molar-refractivity contribution is 0.0927. The fourth-order valence-electron chi connectivity index (χ4n) is 3.54. The first-order valence-electron chi connectivity index (χ1n) is 9.72. The van der Waals surface area contributed by atoms with Crippen molar-refractivity contribution in [2.75, 3.05) is 5.32 Å². The summed E-state index contributed by atoms with van der Waals surface area (Å²) in [7, 11) is 0. The van der Waals surface area contributed by atoms with Crippen LogP contribution in [0, 0.1) is 0 Å². The number of hydrogen-bond donors (Lipinski definition) is 2. The predicted molar refractivity (Wildman–Crippen MR) is 105 cm³/mol. The van der Waals surface area contributed by atoms with Crippen molar-refractivity contribution in [1.82, 2.24) is 15.3 Å². The first-order chi connectivity index (χ1) is 12.7. The van der Waals surface area contributed by atoms with Gasteiger partial charge in [0.2, 0.25) is 5.95 Å². The normalized spacial score (nSPS) is 14.8. The lowest BCUT2D eigenvalue weighted by Gasteiger charge is -2.22. The summed E-state index contributed by atoms with van der Waals surface area (Å²) in [5.41, 5.74) is 4.08. The van der Waals surface area contributed by atoms with Gasteiger partial charge >= 0.3 is 0 Å². The number of nitrogens with one attached hydrogen (secondary N) is 2. The maximum atomic E-state index is 12.4. The lowest BCUT2D eigenvalue weighted by atomic mass is 9.95. The van der Waals surface area contributed by atoms with E-state index in [-0.39, 0.29) is 11.9 Å². The highest BCUT2D eigenvalue weighted by atomic mass is 16.1. The molecule has 2 N–H and O–H groups in total. The van der Waals surface area contributed by atoms with Crippen molar-refractivity contribution in [3.63, 3.8) is 0 Å². The van der Waals surface area contributed by atoms with Crippen molar-refractivity contribution in [2.45, 2.75) is 64.8 Å². The molecule has 1 aromatic carbocycles. The van der Waals surface area contributed by atoms with E-state index in [1.807, 2.05) is 0 Å². The van der Waals surface area contributed by atoms with Crippen LogP contribution in [0.3, 0.4) is 0 Å². The van der Waals surface area contributed by atoms with Gasteiger partial charge in [-0.1, -0.05) is 51.3 Å². The van der Waals surface area contributed by atoms with Crippen molar-refractivity contribution in [3.05, 3.63) is 47.3 Å². The second kappa shape index (κ2) is 8.79. The molecule has 1 aliphatic rings. The largest absolute Gasteiger partial charge is 0.349 e. The van der Waals surface area contributed by atoms with Gasteiger partial charge < -0.3 is 10.6 Å². The number of aryl methyl sites for hydroxylation is 2. The number of nitrogens with zero attached hydrogens (tertiary/aromatic N) is 2. The van der Waals surface area contributed by atoms with E-state index in [0.717, 1.165) is 31.4 Å². The Bertz CT molecular complexity index is 714. The summed E-state index contributed by atoms with van der Waals surface area (Å²) in [5, 5.41) is 6.44. The number of carbonyl (C=O) groups excluding carboxylic acids is 1. The Hall–Kier alpha value is -2.43. The maximum absolute atomic E-state index is 12.4. The molecule has 1 saturated carbocycles. The Morgan fingerprint density at radius 1 is 1.04 bits per heavy atom. The van der Waals surface area contributed by atoms with E-state index >= 15 is 0 Å². The van der Waals surface area contributed by atoms with Crippen LogP contribution < -0.4 is 10.6 Å². The average molecular weight is 352 g/mol. The summed E-state index contributed by atoms with van der Waals surface area (Å²) in [6.45, 7) is 4.28. The number of anilines is 2. The summed E-state index contributed by atoms with van der Waals surface area (Å²) < 4.78 is 0. The molecule has 26 heavy (non-hydrogen) atoms. The minimum absolute atomic E-state index is 0.0772. The summed E-state index contributed by atoms with van der Waals surface area (Å²) in [4.78, 5) is 21.1. The van der Waals surface area contributed by atoms with Gasteiger partial charge in [-0.3, -0.25) is 4.79 Å². The maximum Gasteiger partial charge on any atom is 0.254 e. The molecule has 0 atom stereocenters. The molecule has 0 aliphatic heterocycles. The van der Waals surface area contributed by atoms with Crippen LogP contribution in [0.25, 0.3) is 0 Å². The molecule has 1 amide bonds.